The number of piperidine rings is 1. The average Bonchev–Trinajstić information content (AvgIpc) is 2.39. The Morgan fingerprint density at radius 3 is 2.74 bits per heavy atom. The summed E-state index contributed by atoms with van der Waals surface area (Å²) in [6.07, 6.45) is 2.31. The highest BCUT2D eigenvalue weighted by atomic mass is 19.1. The number of carbonyl (C=O) groups excluding carboxylic acids is 1. The lowest BCUT2D eigenvalue weighted by Gasteiger charge is -2.35. The van der Waals surface area contributed by atoms with E-state index >= 15 is 0 Å². The SMILES string of the molecule is CN1CCC(N(C)C(=O)Cc2cccc(F)c2)CC1. The van der Waals surface area contributed by atoms with Crippen LogP contribution in [0.2, 0.25) is 0 Å². The maximum Gasteiger partial charge on any atom is 0.226 e. The van der Waals surface area contributed by atoms with Gasteiger partial charge in [-0.2, -0.15) is 0 Å². The van der Waals surface area contributed by atoms with Crippen molar-refractivity contribution in [2.45, 2.75) is 25.3 Å². The van der Waals surface area contributed by atoms with Crippen LogP contribution in [0.1, 0.15) is 18.4 Å². The van der Waals surface area contributed by atoms with Gasteiger partial charge < -0.3 is 9.80 Å². The zero-order valence-corrected chi connectivity index (χ0v) is 11.6. The Labute approximate surface area is 114 Å². The van der Waals surface area contributed by atoms with Crippen molar-refractivity contribution in [3.05, 3.63) is 35.6 Å². The van der Waals surface area contributed by atoms with E-state index in [1.807, 2.05) is 11.9 Å². The number of likely N-dealkylation sites (N-methyl/N-ethyl adjacent to an activating group) is 1. The van der Waals surface area contributed by atoms with Crippen molar-refractivity contribution in [1.29, 1.82) is 0 Å². The number of halogens is 1. The number of amides is 1. The molecule has 0 bridgehead atoms. The molecule has 2 rings (SSSR count). The zero-order valence-electron chi connectivity index (χ0n) is 11.6. The zero-order chi connectivity index (χ0) is 13.8. The lowest BCUT2D eigenvalue weighted by Crippen LogP contribution is -2.44. The molecule has 0 radical (unpaired) electrons. The minimum atomic E-state index is -0.285. The number of carbonyl (C=O) groups is 1. The molecular weight excluding hydrogens is 243 g/mol. The quantitative estimate of drug-likeness (QED) is 0.832. The Kier molecular flexibility index (Phi) is 4.53. The van der Waals surface area contributed by atoms with Crippen LogP contribution in [0.25, 0.3) is 0 Å². The molecule has 1 aromatic carbocycles. The van der Waals surface area contributed by atoms with E-state index < -0.39 is 0 Å². The first-order valence-corrected chi connectivity index (χ1v) is 6.75. The summed E-state index contributed by atoms with van der Waals surface area (Å²) in [5.74, 6) is -0.215. The fraction of sp³-hybridized carbons (Fsp3) is 0.533. The lowest BCUT2D eigenvalue weighted by atomic mass is 10.0. The highest BCUT2D eigenvalue weighted by molar-refractivity contribution is 5.78. The van der Waals surface area contributed by atoms with Crippen molar-refractivity contribution >= 4 is 5.91 Å². The van der Waals surface area contributed by atoms with Crippen LogP contribution in [0, 0.1) is 5.82 Å². The first-order valence-electron chi connectivity index (χ1n) is 6.75. The van der Waals surface area contributed by atoms with Crippen molar-refractivity contribution in [2.24, 2.45) is 0 Å². The second kappa shape index (κ2) is 6.15. The molecule has 1 saturated heterocycles. The molecule has 0 aromatic heterocycles. The van der Waals surface area contributed by atoms with Gasteiger partial charge in [-0.15, -0.1) is 0 Å². The van der Waals surface area contributed by atoms with Gasteiger partial charge in [-0.1, -0.05) is 12.1 Å². The standard InChI is InChI=1S/C15H21FN2O/c1-17-8-6-14(7-9-17)18(2)15(19)11-12-4-3-5-13(16)10-12/h3-5,10,14H,6-9,11H2,1-2H3. The third-order valence-corrected chi connectivity index (χ3v) is 3.87. The van der Waals surface area contributed by atoms with E-state index in [0.717, 1.165) is 31.5 Å². The lowest BCUT2D eigenvalue weighted by molar-refractivity contribution is -0.132. The van der Waals surface area contributed by atoms with Gasteiger partial charge in [0.2, 0.25) is 5.91 Å². The molecule has 0 N–H and O–H groups in total. The molecular formula is C15H21FN2O. The highest BCUT2D eigenvalue weighted by Gasteiger charge is 2.23. The minimum absolute atomic E-state index is 0.0696. The minimum Gasteiger partial charge on any atom is -0.342 e. The second-order valence-corrected chi connectivity index (χ2v) is 5.35. The molecule has 1 aliphatic heterocycles. The molecule has 1 aliphatic rings. The van der Waals surface area contributed by atoms with Gasteiger partial charge in [0, 0.05) is 13.1 Å². The summed E-state index contributed by atoms with van der Waals surface area (Å²) in [6.45, 7) is 2.06. The summed E-state index contributed by atoms with van der Waals surface area (Å²) in [7, 11) is 3.96. The van der Waals surface area contributed by atoms with E-state index in [1.54, 1.807) is 12.1 Å². The first-order chi connectivity index (χ1) is 9.06. The van der Waals surface area contributed by atoms with Crippen molar-refractivity contribution in [1.82, 2.24) is 9.80 Å². The molecule has 3 nitrogen and oxygen atoms in total. The molecule has 0 atom stereocenters. The molecule has 1 amide bonds. The number of nitrogens with zero attached hydrogens (tertiary/aromatic N) is 2. The van der Waals surface area contributed by atoms with Crippen molar-refractivity contribution in [2.75, 3.05) is 27.2 Å². The van der Waals surface area contributed by atoms with Crippen LogP contribution in [0.4, 0.5) is 4.39 Å². The highest BCUT2D eigenvalue weighted by Crippen LogP contribution is 2.15. The van der Waals surface area contributed by atoms with Crippen molar-refractivity contribution in [3.63, 3.8) is 0 Å². The van der Waals surface area contributed by atoms with Gasteiger partial charge in [0.05, 0.1) is 6.42 Å². The summed E-state index contributed by atoms with van der Waals surface area (Å²) in [4.78, 5) is 16.3. The smallest absolute Gasteiger partial charge is 0.226 e. The summed E-state index contributed by atoms with van der Waals surface area (Å²) in [6, 6.07) is 6.59. The van der Waals surface area contributed by atoms with Crippen molar-refractivity contribution < 1.29 is 9.18 Å². The number of hydrogen-bond donors (Lipinski definition) is 0. The van der Waals surface area contributed by atoms with Crippen LogP contribution in [0.5, 0.6) is 0 Å². The van der Waals surface area contributed by atoms with Gasteiger partial charge in [0.1, 0.15) is 5.82 Å². The van der Waals surface area contributed by atoms with E-state index in [1.165, 1.54) is 12.1 Å². The largest absolute Gasteiger partial charge is 0.342 e. The van der Waals surface area contributed by atoms with Gasteiger partial charge in [-0.25, -0.2) is 4.39 Å². The van der Waals surface area contributed by atoms with Crippen LogP contribution < -0.4 is 0 Å². The van der Waals surface area contributed by atoms with E-state index in [0.29, 0.717) is 6.04 Å². The Morgan fingerprint density at radius 2 is 2.11 bits per heavy atom. The van der Waals surface area contributed by atoms with Crippen LogP contribution in [-0.4, -0.2) is 48.9 Å². The number of likely N-dealkylation sites (tertiary alicyclic amines) is 1. The molecule has 104 valence electrons. The molecule has 0 spiro atoms. The number of hydrogen-bond acceptors (Lipinski definition) is 2. The Hall–Kier alpha value is -1.42. The predicted octanol–water partition coefficient (Wildman–Crippen LogP) is 1.92. The van der Waals surface area contributed by atoms with Crippen LogP contribution >= 0.6 is 0 Å². The fourth-order valence-electron chi connectivity index (χ4n) is 2.53. The molecule has 1 fully saturated rings. The van der Waals surface area contributed by atoms with Gasteiger partial charge in [-0.3, -0.25) is 4.79 Å². The van der Waals surface area contributed by atoms with E-state index in [2.05, 4.69) is 11.9 Å². The molecule has 0 unspecified atom stereocenters. The van der Waals surface area contributed by atoms with Gasteiger partial charge in [0.25, 0.3) is 0 Å². The molecule has 0 aliphatic carbocycles. The number of benzene rings is 1. The molecule has 1 aromatic rings. The fourth-order valence-corrected chi connectivity index (χ4v) is 2.53. The van der Waals surface area contributed by atoms with E-state index in [4.69, 9.17) is 0 Å². The van der Waals surface area contributed by atoms with Crippen LogP contribution in [-0.2, 0) is 11.2 Å². The normalized spacial score (nSPS) is 17.4. The summed E-state index contributed by atoms with van der Waals surface area (Å²) < 4.78 is 13.1. The Balaban J connectivity index is 1.92. The van der Waals surface area contributed by atoms with Crippen molar-refractivity contribution in [3.8, 4) is 0 Å². The molecule has 4 heteroatoms. The Bertz CT molecular complexity index is 442. The maximum atomic E-state index is 13.1. The second-order valence-electron chi connectivity index (χ2n) is 5.35. The number of rotatable bonds is 3. The monoisotopic (exact) mass is 264 g/mol. The third kappa shape index (κ3) is 3.77. The summed E-state index contributed by atoms with van der Waals surface area (Å²) >= 11 is 0. The van der Waals surface area contributed by atoms with E-state index in [9.17, 15) is 9.18 Å². The summed E-state index contributed by atoms with van der Waals surface area (Å²) in [5, 5.41) is 0. The first kappa shape index (κ1) is 14.0. The Morgan fingerprint density at radius 1 is 1.42 bits per heavy atom. The summed E-state index contributed by atoms with van der Waals surface area (Å²) in [5.41, 5.74) is 0.741. The average molecular weight is 264 g/mol. The molecule has 19 heavy (non-hydrogen) atoms. The van der Waals surface area contributed by atoms with Gasteiger partial charge >= 0.3 is 0 Å². The topological polar surface area (TPSA) is 23.6 Å². The van der Waals surface area contributed by atoms with E-state index in [-0.39, 0.29) is 18.1 Å². The molecule has 0 saturated carbocycles. The van der Waals surface area contributed by atoms with Gasteiger partial charge in [0.15, 0.2) is 0 Å². The van der Waals surface area contributed by atoms with Crippen LogP contribution in [0.15, 0.2) is 24.3 Å². The third-order valence-electron chi connectivity index (χ3n) is 3.87. The molecule has 1 heterocycles. The van der Waals surface area contributed by atoms with Gasteiger partial charge in [-0.05, 0) is 50.7 Å². The predicted molar refractivity (Wildman–Crippen MR) is 73.4 cm³/mol. The maximum absolute atomic E-state index is 13.1. The van der Waals surface area contributed by atoms with Crippen LogP contribution in [0.3, 0.4) is 0 Å².